The van der Waals surface area contributed by atoms with Crippen LogP contribution in [-0.4, -0.2) is 30.6 Å². The highest BCUT2D eigenvalue weighted by molar-refractivity contribution is 6.30. The SMILES string of the molecule is CCOC(=O)c1cc2cc(C(=O)NCc3cc(Cl)ccc3OC)ccc2[nH]1. The normalized spacial score (nSPS) is 10.6. The van der Waals surface area contributed by atoms with Gasteiger partial charge in [-0.2, -0.15) is 0 Å². The Bertz CT molecular complexity index is 997. The highest BCUT2D eigenvalue weighted by atomic mass is 35.5. The lowest BCUT2D eigenvalue weighted by molar-refractivity contribution is 0.0520. The van der Waals surface area contributed by atoms with E-state index in [0.717, 1.165) is 16.5 Å². The number of esters is 1. The Labute approximate surface area is 161 Å². The van der Waals surface area contributed by atoms with Crippen LogP contribution in [0.5, 0.6) is 5.75 Å². The molecule has 140 valence electrons. The minimum absolute atomic E-state index is 0.238. The molecule has 7 heteroatoms. The van der Waals surface area contributed by atoms with Gasteiger partial charge in [-0.25, -0.2) is 4.79 Å². The number of methoxy groups -OCH3 is 1. The lowest BCUT2D eigenvalue weighted by atomic mass is 10.1. The summed E-state index contributed by atoms with van der Waals surface area (Å²) in [6.07, 6.45) is 0. The molecule has 0 spiro atoms. The smallest absolute Gasteiger partial charge is 0.354 e. The molecule has 0 atom stereocenters. The van der Waals surface area contributed by atoms with Crippen molar-refractivity contribution in [1.82, 2.24) is 10.3 Å². The number of hydrogen-bond acceptors (Lipinski definition) is 4. The van der Waals surface area contributed by atoms with Crippen LogP contribution >= 0.6 is 11.6 Å². The number of benzene rings is 2. The molecule has 0 aliphatic heterocycles. The molecule has 1 heterocycles. The zero-order valence-corrected chi connectivity index (χ0v) is 15.7. The summed E-state index contributed by atoms with van der Waals surface area (Å²) >= 11 is 6.01. The van der Waals surface area contributed by atoms with Crippen molar-refractivity contribution in [1.29, 1.82) is 0 Å². The van der Waals surface area contributed by atoms with E-state index in [-0.39, 0.29) is 12.5 Å². The van der Waals surface area contributed by atoms with Crippen LogP contribution in [0.4, 0.5) is 0 Å². The maximum absolute atomic E-state index is 12.5. The Balaban J connectivity index is 1.76. The molecule has 1 amide bonds. The van der Waals surface area contributed by atoms with Gasteiger partial charge in [0.15, 0.2) is 0 Å². The summed E-state index contributed by atoms with van der Waals surface area (Å²) in [5.41, 5.74) is 2.38. The van der Waals surface area contributed by atoms with E-state index >= 15 is 0 Å². The van der Waals surface area contributed by atoms with E-state index in [0.29, 0.717) is 28.6 Å². The molecule has 0 radical (unpaired) electrons. The minimum Gasteiger partial charge on any atom is -0.496 e. The number of amides is 1. The monoisotopic (exact) mass is 386 g/mol. The van der Waals surface area contributed by atoms with E-state index in [1.165, 1.54) is 0 Å². The number of ether oxygens (including phenoxy) is 2. The molecule has 2 aromatic carbocycles. The van der Waals surface area contributed by atoms with Crippen LogP contribution in [0, 0.1) is 0 Å². The van der Waals surface area contributed by atoms with Gasteiger partial charge >= 0.3 is 5.97 Å². The number of nitrogens with one attached hydrogen (secondary N) is 2. The standard InChI is InChI=1S/C20H19ClN2O4/c1-3-27-20(25)17-10-13-8-12(4-6-16(13)23-17)19(24)22-11-14-9-15(21)5-7-18(14)26-2/h4-10,23H,3,11H2,1-2H3,(H,22,24). The molecule has 1 aromatic heterocycles. The molecule has 0 saturated carbocycles. The van der Waals surface area contributed by atoms with Crippen molar-refractivity contribution in [2.75, 3.05) is 13.7 Å². The van der Waals surface area contributed by atoms with Gasteiger partial charge in [-0.05, 0) is 49.4 Å². The molecule has 2 N–H and O–H groups in total. The van der Waals surface area contributed by atoms with E-state index in [4.69, 9.17) is 21.1 Å². The zero-order chi connectivity index (χ0) is 19.4. The topological polar surface area (TPSA) is 80.4 Å². The second kappa shape index (κ2) is 8.14. The first-order valence-electron chi connectivity index (χ1n) is 8.42. The second-order valence-corrected chi connectivity index (χ2v) is 6.28. The van der Waals surface area contributed by atoms with Crippen LogP contribution in [0.25, 0.3) is 10.9 Å². The zero-order valence-electron chi connectivity index (χ0n) is 15.0. The van der Waals surface area contributed by atoms with Crippen LogP contribution in [-0.2, 0) is 11.3 Å². The third-order valence-electron chi connectivity index (χ3n) is 4.06. The number of aromatic amines is 1. The summed E-state index contributed by atoms with van der Waals surface area (Å²) in [5.74, 6) is -0.00886. The summed E-state index contributed by atoms with van der Waals surface area (Å²) < 4.78 is 10.3. The molecule has 0 unspecified atom stereocenters. The van der Waals surface area contributed by atoms with Crippen molar-refractivity contribution in [3.63, 3.8) is 0 Å². The quantitative estimate of drug-likeness (QED) is 0.629. The Hall–Kier alpha value is -2.99. The Kier molecular flexibility index (Phi) is 5.66. The molecule has 3 rings (SSSR count). The van der Waals surface area contributed by atoms with Crippen molar-refractivity contribution in [3.8, 4) is 5.75 Å². The number of fused-ring (bicyclic) bond motifs is 1. The first-order chi connectivity index (χ1) is 13.0. The molecule has 27 heavy (non-hydrogen) atoms. The number of aromatic nitrogens is 1. The summed E-state index contributed by atoms with van der Waals surface area (Å²) in [6.45, 7) is 2.33. The molecule has 6 nitrogen and oxygen atoms in total. The molecule has 0 aliphatic rings. The van der Waals surface area contributed by atoms with Gasteiger partial charge < -0.3 is 19.8 Å². The van der Waals surface area contributed by atoms with Gasteiger partial charge in [-0.3, -0.25) is 4.79 Å². The fourth-order valence-electron chi connectivity index (χ4n) is 2.76. The minimum atomic E-state index is -0.423. The van der Waals surface area contributed by atoms with E-state index in [9.17, 15) is 9.59 Å². The predicted octanol–water partition coefficient (Wildman–Crippen LogP) is 3.94. The van der Waals surface area contributed by atoms with Crippen molar-refractivity contribution in [3.05, 3.63) is 64.3 Å². The summed E-state index contributed by atoms with van der Waals surface area (Å²) in [6, 6.07) is 12.1. The van der Waals surface area contributed by atoms with E-state index in [1.54, 1.807) is 56.5 Å². The van der Waals surface area contributed by atoms with Gasteiger partial charge in [0, 0.05) is 33.6 Å². The highest BCUT2D eigenvalue weighted by Gasteiger charge is 2.13. The average molecular weight is 387 g/mol. The fraction of sp³-hybridized carbons (Fsp3) is 0.200. The van der Waals surface area contributed by atoms with Gasteiger partial charge in [0.1, 0.15) is 11.4 Å². The van der Waals surface area contributed by atoms with Gasteiger partial charge in [0.2, 0.25) is 0 Å². The lowest BCUT2D eigenvalue weighted by Gasteiger charge is -2.10. The average Bonchev–Trinajstić information content (AvgIpc) is 3.10. The summed E-state index contributed by atoms with van der Waals surface area (Å²) in [5, 5.41) is 4.18. The molecular formula is C20H19ClN2O4. The third-order valence-corrected chi connectivity index (χ3v) is 4.30. The molecule has 0 aliphatic carbocycles. The first-order valence-corrected chi connectivity index (χ1v) is 8.80. The number of carbonyl (C=O) groups is 2. The van der Waals surface area contributed by atoms with Gasteiger partial charge in [0.25, 0.3) is 5.91 Å². The van der Waals surface area contributed by atoms with E-state index < -0.39 is 5.97 Å². The number of H-pyrrole nitrogens is 1. The Morgan fingerprint density at radius 2 is 1.96 bits per heavy atom. The molecule has 3 aromatic rings. The largest absolute Gasteiger partial charge is 0.496 e. The van der Waals surface area contributed by atoms with Crippen molar-refractivity contribution in [2.45, 2.75) is 13.5 Å². The van der Waals surface area contributed by atoms with Crippen LogP contribution in [0.2, 0.25) is 5.02 Å². The number of halogens is 1. The Morgan fingerprint density at radius 3 is 2.70 bits per heavy atom. The van der Waals surface area contributed by atoms with Crippen LogP contribution in [0.15, 0.2) is 42.5 Å². The highest BCUT2D eigenvalue weighted by Crippen LogP contribution is 2.23. The summed E-state index contributed by atoms with van der Waals surface area (Å²) in [7, 11) is 1.57. The number of hydrogen-bond donors (Lipinski definition) is 2. The van der Waals surface area contributed by atoms with Crippen molar-refractivity contribution in [2.24, 2.45) is 0 Å². The maximum atomic E-state index is 12.5. The van der Waals surface area contributed by atoms with Gasteiger partial charge in [-0.15, -0.1) is 0 Å². The Morgan fingerprint density at radius 1 is 1.15 bits per heavy atom. The predicted molar refractivity (Wildman–Crippen MR) is 103 cm³/mol. The molecular weight excluding hydrogens is 368 g/mol. The lowest BCUT2D eigenvalue weighted by Crippen LogP contribution is -2.23. The first kappa shape index (κ1) is 18.8. The van der Waals surface area contributed by atoms with E-state index in [2.05, 4.69) is 10.3 Å². The molecule has 0 saturated heterocycles. The number of rotatable bonds is 6. The van der Waals surface area contributed by atoms with Gasteiger partial charge in [-0.1, -0.05) is 11.6 Å². The van der Waals surface area contributed by atoms with E-state index in [1.807, 2.05) is 0 Å². The summed E-state index contributed by atoms with van der Waals surface area (Å²) in [4.78, 5) is 27.3. The van der Waals surface area contributed by atoms with Gasteiger partial charge in [0.05, 0.1) is 13.7 Å². The van der Waals surface area contributed by atoms with Crippen LogP contribution < -0.4 is 10.1 Å². The third kappa shape index (κ3) is 4.23. The van der Waals surface area contributed by atoms with Crippen molar-refractivity contribution >= 4 is 34.4 Å². The second-order valence-electron chi connectivity index (χ2n) is 5.84. The molecule has 0 fully saturated rings. The van der Waals surface area contributed by atoms with Crippen molar-refractivity contribution < 1.29 is 19.1 Å². The molecule has 0 bridgehead atoms. The fourth-order valence-corrected chi connectivity index (χ4v) is 2.95. The maximum Gasteiger partial charge on any atom is 0.354 e. The number of carbonyl (C=O) groups excluding carboxylic acids is 2. The van der Waals surface area contributed by atoms with Crippen LogP contribution in [0.3, 0.4) is 0 Å². The van der Waals surface area contributed by atoms with Crippen LogP contribution in [0.1, 0.15) is 33.3 Å².